The number of thiocarbonyl (C=S) groups is 1. The predicted octanol–water partition coefficient (Wildman–Crippen LogP) is 6.31. The Kier molecular flexibility index (Phi) is 5.40. The van der Waals surface area contributed by atoms with Gasteiger partial charge in [0.2, 0.25) is 0 Å². The van der Waals surface area contributed by atoms with Crippen LogP contribution >= 0.6 is 35.6 Å². The monoisotopic (exact) mass is 425 g/mol. The van der Waals surface area contributed by atoms with Crippen LogP contribution in [0.4, 0.5) is 0 Å². The molecule has 3 aromatic rings. The summed E-state index contributed by atoms with van der Waals surface area (Å²) in [6, 6.07) is 19.2. The average Bonchev–Trinajstić information content (AvgIpc) is 3.24. The Hall–Kier alpha value is -2.34. The highest BCUT2D eigenvalue weighted by Gasteiger charge is 2.32. The fourth-order valence-corrected chi connectivity index (χ4v) is 4.29. The zero-order chi connectivity index (χ0) is 19.7. The van der Waals surface area contributed by atoms with Crippen molar-refractivity contribution in [2.75, 3.05) is 0 Å². The van der Waals surface area contributed by atoms with E-state index in [0.717, 1.165) is 11.1 Å². The quantitative estimate of drug-likeness (QED) is 0.362. The van der Waals surface area contributed by atoms with Crippen molar-refractivity contribution >= 4 is 51.9 Å². The number of furan rings is 1. The van der Waals surface area contributed by atoms with Crippen LogP contribution < -0.4 is 0 Å². The number of nitrogens with zero attached hydrogens (tertiary/aromatic N) is 1. The lowest BCUT2D eigenvalue weighted by molar-refractivity contribution is -0.122. The van der Waals surface area contributed by atoms with Crippen LogP contribution in [0.1, 0.15) is 16.9 Å². The highest BCUT2D eigenvalue weighted by Crippen LogP contribution is 2.34. The van der Waals surface area contributed by atoms with Crippen molar-refractivity contribution < 1.29 is 9.21 Å². The van der Waals surface area contributed by atoms with Crippen molar-refractivity contribution in [2.24, 2.45) is 0 Å². The highest BCUT2D eigenvalue weighted by atomic mass is 35.5. The van der Waals surface area contributed by atoms with Gasteiger partial charge in [0.25, 0.3) is 5.91 Å². The van der Waals surface area contributed by atoms with Gasteiger partial charge < -0.3 is 4.42 Å². The van der Waals surface area contributed by atoms with E-state index in [0.29, 0.717) is 32.3 Å². The summed E-state index contributed by atoms with van der Waals surface area (Å²) in [7, 11) is 0. The van der Waals surface area contributed by atoms with Crippen LogP contribution in [0.2, 0.25) is 5.02 Å². The van der Waals surface area contributed by atoms with Gasteiger partial charge in [0, 0.05) is 16.7 Å². The van der Waals surface area contributed by atoms with Crippen LogP contribution in [0.3, 0.4) is 0 Å². The Morgan fingerprint density at radius 2 is 1.93 bits per heavy atom. The molecule has 1 aromatic heterocycles. The van der Waals surface area contributed by atoms with E-state index in [9.17, 15) is 4.79 Å². The Bertz CT molecular complexity index is 1090. The summed E-state index contributed by atoms with van der Waals surface area (Å²) in [5.41, 5.74) is 3.12. The van der Waals surface area contributed by atoms with Gasteiger partial charge in [-0.3, -0.25) is 9.69 Å². The van der Waals surface area contributed by atoms with E-state index in [1.165, 1.54) is 17.3 Å². The number of aryl methyl sites for hydroxylation is 1. The number of benzene rings is 2. The lowest BCUT2D eigenvalue weighted by Crippen LogP contribution is -2.27. The van der Waals surface area contributed by atoms with Gasteiger partial charge in [-0.2, -0.15) is 0 Å². The Balaban J connectivity index is 1.53. The normalized spacial score (nSPS) is 15.6. The molecule has 4 rings (SSSR count). The van der Waals surface area contributed by atoms with Gasteiger partial charge in [0.05, 0.1) is 11.4 Å². The van der Waals surface area contributed by atoms with Crippen molar-refractivity contribution in [2.45, 2.75) is 13.5 Å². The SMILES string of the molecule is Cc1ccc(CN2C(=O)/C(=C/c3ccc(-c4cccc(Cl)c4)o3)SC2=S)cc1. The van der Waals surface area contributed by atoms with Gasteiger partial charge in [0.1, 0.15) is 15.8 Å². The Morgan fingerprint density at radius 3 is 2.68 bits per heavy atom. The van der Waals surface area contributed by atoms with Crippen LogP contribution in [-0.2, 0) is 11.3 Å². The third kappa shape index (κ3) is 4.07. The molecule has 2 heterocycles. The minimum absolute atomic E-state index is 0.101. The molecule has 0 atom stereocenters. The molecule has 140 valence electrons. The molecule has 6 heteroatoms. The molecule has 0 radical (unpaired) electrons. The van der Waals surface area contributed by atoms with Crippen LogP contribution in [0.25, 0.3) is 17.4 Å². The number of hydrogen-bond donors (Lipinski definition) is 0. The second-order valence-electron chi connectivity index (χ2n) is 6.47. The minimum Gasteiger partial charge on any atom is -0.457 e. The van der Waals surface area contributed by atoms with Crippen LogP contribution in [-0.4, -0.2) is 15.1 Å². The van der Waals surface area contributed by atoms with E-state index >= 15 is 0 Å². The minimum atomic E-state index is -0.101. The van der Waals surface area contributed by atoms with Gasteiger partial charge in [-0.15, -0.1) is 0 Å². The number of hydrogen-bond acceptors (Lipinski definition) is 4. The van der Waals surface area contributed by atoms with E-state index in [2.05, 4.69) is 0 Å². The Labute approximate surface area is 178 Å². The molecule has 0 saturated carbocycles. The molecule has 1 fully saturated rings. The molecule has 0 unspecified atom stereocenters. The van der Waals surface area contributed by atoms with Crippen LogP contribution in [0.15, 0.2) is 70.0 Å². The Morgan fingerprint density at radius 1 is 1.14 bits per heavy atom. The van der Waals surface area contributed by atoms with E-state index in [1.54, 1.807) is 11.0 Å². The molecule has 1 amide bonds. The molecule has 0 spiro atoms. The molecular weight excluding hydrogens is 410 g/mol. The molecule has 1 saturated heterocycles. The fourth-order valence-electron chi connectivity index (χ4n) is 2.87. The molecule has 3 nitrogen and oxygen atoms in total. The lowest BCUT2D eigenvalue weighted by atomic mass is 10.1. The largest absolute Gasteiger partial charge is 0.457 e. The molecule has 0 N–H and O–H groups in total. The maximum absolute atomic E-state index is 12.8. The van der Waals surface area contributed by atoms with Gasteiger partial charge in [0.15, 0.2) is 0 Å². The van der Waals surface area contributed by atoms with E-state index in [4.69, 9.17) is 28.2 Å². The average molecular weight is 426 g/mol. The molecule has 2 aromatic carbocycles. The van der Waals surface area contributed by atoms with Crippen molar-refractivity contribution in [3.8, 4) is 11.3 Å². The summed E-state index contributed by atoms with van der Waals surface area (Å²) in [5, 5.41) is 0.646. The van der Waals surface area contributed by atoms with Crippen molar-refractivity contribution in [3.63, 3.8) is 0 Å². The van der Waals surface area contributed by atoms with Crippen molar-refractivity contribution in [1.29, 1.82) is 0 Å². The first-order valence-electron chi connectivity index (χ1n) is 8.66. The van der Waals surface area contributed by atoms with Gasteiger partial charge in [-0.1, -0.05) is 77.5 Å². The van der Waals surface area contributed by atoms with Crippen LogP contribution in [0, 0.1) is 6.92 Å². The first kappa shape index (κ1) is 19.0. The number of halogens is 1. The van der Waals surface area contributed by atoms with E-state index in [1.807, 2.05) is 67.6 Å². The standard InChI is InChI=1S/C22H16ClNO2S2/c1-14-5-7-15(8-6-14)13-24-21(25)20(28-22(24)27)12-18-9-10-19(26-18)16-3-2-4-17(23)11-16/h2-12H,13H2,1H3/b20-12-. The topological polar surface area (TPSA) is 33.5 Å². The number of amides is 1. The third-order valence-corrected chi connectivity index (χ3v) is 5.96. The highest BCUT2D eigenvalue weighted by molar-refractivity contribution is 8.26. The number of carbonyl (C=O) groups excluding carboxylic acids is 1. The number of carbonyl (C=O) groups is 1. The maximum Gasteiger partial charge on any atom is 0.266 e. The fraction of sp³-hybridized carbons (Fsp3) is 0.0909. The van der Waals surface area contributed by atoms with Gasteiger partial charge >= 0.3 is 0 Å². The summed E-state index contributed by atoms with van der Waals surface area (Å²) < 4.78 is 6.43. The van der Waals surface area contributed by atoms with Crippen molar-refractivity contribution in [3.05, 3.63) is 87.5 Å². The third-order valence-electron chi connectivity index (χ3n) is 4.34. The summed E-state index contributed by atoms with van der Waals surface area (Å²) in [5.74, 6) is 1.20. The molecule has 28 heavy (non-hydrogen) atoms. The molecule has 0 aliphatic carbocycles. The zero-order valence-corrected chi connectivity index (χ0v) is 17.4. The second-order valence-corrected chi connectivity index (χ2v) is 8.58. The summed E-state index contributed by atoms with van der Waals surface area (Å²) in [6.07, 6.45) is 1.74. The molecule has 1 aliphatic rings. The second kappa shape index (κ2) is 7.95. The zero-order valence-electron chi connectivity index (χ0n) is 15.0. The molecular formula is C22H16ClNO2S2. The van der Waals surface area contributed by atoms with E-state index < -0.39 is 0 Å². The lowest BCUT2D eigenvalue weighted by Gasteiger charge is -2.14. The maximum atomic E-state index is 12.8. The van der Waals surface area contributed by atoms with Gasteiger partial charge in [-0.25, -0.2) is 0 Å². The number of rotatable bonds is 4. The number of thioether (sulfide) groups is 1. The van der Waals surface area contributed by atoms with Crippen LogP contribution in [0.5, 0.6) is 0 Å². The first-order chi connectivity index (χ1) is 13.5. The predicted molar refractivity (Wildman–Crippen MR) is 119 cm³/mol. The first-order valence-corrected chi connectivity index (χ1v) is 10.3. The summed E-state index contributed by atoms with van der Waals surface area (Å²) in [6.45, 7) is 2.50. The van der Waals surface area contributed by atoms with Crippen molar-refractivity contribution in [1.82, 2.24) is 4.90 Å². The smallest absolute Gasteiger partial charge is 0.266 e. The molecule has 0 bridgehead atoms. The molecule has 1 aliphatic heterocycles. The summed E-state index contributed by atoms with van der Waals surface area (Å²) in [4.78, 5) is 15.0. The van der Waals surface area contributed by atoms with E-state index in [-0.39, 0.29) is 5.91 Å². The summed E-state index contributed by atoms with van der Waals surface area (Å²) >= 11 is 12.8. The van der Waals surface area contributed by atoms with Gasteiger partial charge in [-0.05, 0) is 36.8 Å².